The van der Waals surface area contributed by atoms with Gasteiger partial charge >= 0.3 is 0 Å². The van der Waals surface area contributed by atoms with Crippen LogP contribution >= 0.6 is 11.6 Å². The number of furan rings is 1. The second-order valence-electron chi connectivity index (χ2n) is 4.13. The summed E-state index contributed by atoms with van der Waals surface area (Å²) in [6.07, 6.45) is 3.09. The van der Waals surface area contributed by atoms with E-state index in [0.29, 0.717) is 17.3 Å². The van der Waals surface area contributed by atoms with Crippen LogP contribution in [0, 0.1) is 6.92 Å². The van der Waals surface area contributed by atoms with Crippen LogP contribution in [0.4, 0.5) is 0 Å². The maximum absolute atomic E-state index is 11.6. The lowest BCUT2D eigenvalue weighted by Crippen LogP contribution is -2.20. The summed E-state index contributed by atoms with van der Waals surface area (Å²) in [6.45, 7) is 2.30. The third-order valence-corrected chi connectivity index (χ3v) is 2.75. The molecule has 0 fully saturated rings. The smallest absolute Gasteiger partial charge is 0.244 e. The molecule has 2 aromatic rings. The van der Waals surface area contributed by atoms with E-state index in [2.05, 4.69) is 5.32 Å². The number of benzene rings is 1. The molecule has 4 heteroatoms. The molecule has 19 heavy (non-hydrogen) atoms. The second kappa shape index (κ2) is 6.25. The number of aryl methyl sites for hydroxylation is 1. The summed E-state index contributed by atoms with van der Waals surface area (Å²) in [4.78, 5) is 11.6. The van der Waals surface area contributed by atoms with Crippen LogP contribution < -0.4 is 5.32 Å². The van der Waals surface area contributed by atoms with Gasteiger partial charge in [0.1, 0.15) is 11.5 Å². The van der Waals surface area contributed by atoms with E-state index in [9.17, 15) is 4.79 Å². The Labute approximate surface area is 116 Å². The van der Waals surface area contributed by atoms with Crippen molar-refractivity contribution in [1.82, 2.24) is 5.32 Å². The summed E-state index contributed by atoms with van der Waals surface area (Å²) in [7, 11) is 0. The molecular weight excluding hydrogens is 262 g/mol. The van der Waals surface area contributed by atoms with Gasteiger partial charge in [0, 0.05) is 17.6 Å². The fraction of sp³-hybridized carbons (Fsp3) is 0.133. The Morgan fingerprint density at radius 2 is 2.21 bits per heavy atom. The van der Waals surface area contributed by atoms with Crippen LogP contribution in [0.1, 0.15) is 17.1 Å². The summed E-state index contributed by atoms with van der Waals surface area (Å²) in [6, 6.07) is 11.0. The Kier molecular flexibility index (Phi) is 4.42. The van der Waals surface area contributed by atoms with E-state index < -0.39 is 0 Å². The lowest BCUT2D eigenvalue weighted by atomic mass is 10.2. The van der Waals surface area contributed by atoms with Crippen LogP contribution in [0.3, 0.4) is 0 Å². The molecule has 3 nitrogen and oxygen atoms in total. The van der Waals surface area contributed by atoms with E-state index in [1.807, 2.05) is 37.3 Å². The van der Waals surface area contributed by atoms with Gasteiger partial charge < -0.3 is 9.73 Å². The van der Waals surface area contributed by atoms with Crippen molar-refractivity contribution >= 4 is 23.6 Å². The number of hydrogen-bond donors (Lipinski definition) is 1. The maximum Gasteiger partial charge on any atom is 0.244 e. The van der Waals surface area contributed by atoms with Crippen molar-refractivity contribution in [2.45, 2.75) is 13.5 Å². The minimum Gasteiger partial charge on any atom is -0.462 e. The first-order valence-electron chi connectivity index (χ1n) is 5.90. The van der Waals surface area contributed by atoms with Crippen molar-refractivity contribution < 1.29 is 9.21 Å². The van der Waals surface area contributed by atoms with Gasteiger partial charge in [0.15, 0.2) is 0 Å². The third kappa shape index (κ3) is 4.30. The Hall–Kier alpha value is -2.00. The molecule has 0 unspecified atom stereocenters. The van der Waals surface area contributed by atoms with E-state index in [-0.39, 0.29) is 5.91 Å². The van der Waals surface area contributed by atoms with Crippen molar-refractivity contribution in [3.8, 4) is 0 Å². The molecule has 1 aromatic carbocycles. The van der Waals surface area contributed by atoms with Gasteiger partial charge in [-0.2, -0.15) is 0 Å². The highest BCUT2D eigenvalue weighted by atomic mass is 35.5. The largest absolute Gasteiger partial charge is 0.462 e. The minimum absolute atomic E-state index is 0.172. The normalized spacial score (nSPS) is 10.8. The zero-order valence-corrected chi connectivity index (χ0v) is 11.3. The predicted octanol–water partition coefficient (Wildman–Crippen LogP) is 3.57. The Balaban J connectivity index is 1.86. The van der Waals surface area contributed by atoms with E-state index in [0.717, 1.165) is 11.3 Å². The summed E-state index contributed by atoms with van der Waals surface area (Å²) < 4.78 is 5.33. The topological polar surface area (TPSA) is 42.2 Å². The van der Waals surface area contributed by atoms with Crippen LogP contribution in [-0.4, -0.2) is 5.91 Å². The van der Waals surface area contributed by atoms with E-state index >= 15 is 0 Å². The zero-order chi connectivity index (χ0) is 13.7. The van der Waals surface area contributed by atoms with E-state index in [1.54, 1.807) is 12.1 Å². The standard InChI is InChI=1S/C15H14ClNO2/c1-11-5-6-14(19-11)7-8-15(18)17-10-12-3-2-4-13(16)9-12/h2-9H,10H2,1H3,(H,17,18)/b8-7+. The SMILES string of the molecule is Cc1ccc(/C=C/C(=O)NCc2cccc(Cl)c2)o1. The van der Waals surface area contributed by atoms with E-state index in [4.69, 9.17) is 16.0 Å². The van der Waals surface area contributed by atoms with Crippen LogP contribution in [0.2, 0.25) is 5.02 Å². The third-order valence-electron chi connectivity index (χ3n) is 2.52. The van der Waals surface area contributed by atoms with Crippen molar-refractivity contribution in [2.24, 2.45) is 0 Å². The fourth-order valence-electron chi connectivity index (χ4n) is 1.60. The molecule has 1 aromatic heterocycles. The van der Waals surface area contributed by atoms with Gasteiger partial charge in [-0.05, 0) is 42.8 Å². The zero-order valence-electron chi connectivity index (χ0n) is 10.5. The number of nitrogens with one attached hydrogen (secondary N) is 1. The van der Waals surface area contributed by atoms with Crippen molar-refractivity contribution in [2.75, 3.05) is 0 Å². The molecule has 0 aliphatic carbocycles. The highest BCUT2D eigenvalue weighted by molar-refractivity contribution is 6.30. The Morgan fingerprint density at radius 1 is 1.37 bits per heavy atom. The van der Waals surface area contributed by atoms with E-state index in [1.165, 1.54) is 6.08 Å². The highest BCUT2D eigenvalue weighted by Gasteiger charge is 1.99. The molecule has 0 saturated carbocycles. The lowest BCUT2D eigenvalue weighted by Gasteiger charge is -2.02. The number of amides is 1. The average molecular weight is 276 g/mol. The van der Waals surface area contributed by atoms with Gasteiger partial charge in [0.25, 0.3) is 0 Å². The number of hydrogen-bond acceptors (Lipinski definition) is 2. The molecule has 0 aliphatic heterocycles. The van der Waals surface area contributed by atoms with Crippen LogP contribution in [0.15, 0.2) is 46.9 Å². The molecular formula is C15H14ClNO2. The summed E-state index contributed by atoms with van der Waals surface area (Å²) in [5, 5.41) is 3.44. The first kappa shape index (κ1) is 13.4. The Bertz CT molecular complexity index is 602. The summed E-state index contributed by atoms with van der Waals surface area (Å²) in [5.74, 6) is 1.31. The monoisotopic (exact) mass is 275 g/mol. The number of carbonyl (C=O) groups is 1. The lowest BCUT2D eigenvalue weighted by molar-refractivity contribution is -0.116. The number of halogens is 1. The highest BCUT2D eigenvalue weighted by Crippen LogP contribution is 2.10. The molecule has 98 valence electrons. The summed E-state index contributed by atoms with van der Waals surface area (Å²) >= 11 is 5.86. The predicted molar refractivity (Wildman–Crippen MR) is 75.8 cm³/mol. The van der Waals surface area contributed by atoms with Gasteiger partial charge in [-0.25, -0.2) is 0 Å². The molecule has 0 bridgehead atoms. The van der Waals surface area contributed by atoms with Crippen LogP contribution in [0.25, 0.3) is 6.08 Å². The van der Waals surface area contributed by atoms with Gasteiger partial charge in [-0.3, -0.25) is 4.79 Å². The average Bonchev–Trinajstić information content (AvgIpc) is 2.80. The van der Waals surface area contributed by atoms with Gasteiger partial charge in [0.05, 0.1) is 0 Å². The van der Waals surface area contributed by atoms with Crippen LogP contribution in [-0.2, 0) is 11.3 Å². The second-order valence-corrected chi connectivity index (χ2v) is 4.57. The number of rotatable bonds is 4. The molecule has 0 saturated heterocycles. The molecule has 0 spiro atoms. The van der Waals surface area contributed by atoms with Crippen molar-refractivity contribution in [3.05, 3.63) is 64.6 Å². The maximum atomic E-state index is 11.6. The van der Waals surface area contributed by atoms with Gasteiger partial charge in [-0.1, -0.05) is 23.7 Å². The first-order valence-corrected chi connectivity index (χ1v) is 6.28. The quantitative estimate of drug-likeness (QED) is 0.867. The minimum atomic E-state index is -0.172. The van der Waals surface area contributed by atoms with Crippen molar-refractivity contribution in [1.29, 1.82) is 0 Å². The van der Waals surface area contributed by atoms with Crippen molar-refractivity contribution in [3.63, 3.8) is 0 Å². The molecule has 1 N–H and O–H groups in total. The first-order chi connectivity index (χ1) is 9.13. The summed E-state index contributed by atoms with van der Waals surface area (Å²) in [5.41, 5.74) is 0.961. The van der Waals surface area contributed by atoms with Gasteiger partial charge in [-0.15, -0.1) is 0 Å². The van der Waals surface area contributed by atoms with Gasteiger partial charge in [0.2, 0.25) is 5.91 Å². The molecule has 2 rings (SSSR count). The molecule has 1 heterocycles. The fourth-order valence-corrected chi connectivity index (χ4v) is 1.81. The molecule has 0 aliphatic rings. The van der Waals surface area contributed by atoms with Crippen LogP contribution in [0.5, 0.6) is 0 Å². The Morgan fingerprint density at radius 3 is 2.89 bits per heavy atom. The number of carbonyl (C=O) groups excluding carboxylic acids is 1. The molecule has 0 radical (unpaired) electrons. The molecule has 1 amide bonds. The molecule has 0 atom stereocenters.